The Morgan fingerprint density at radius 2 is 1.75 bits per heavy atom. The smallest absolute Gasteiger partial charge is 0.242 e. The maximum Gasteiger partial charge on any atom is 0.242 e. The second-order valence-electron chi connectivity index (χ2n) is 6.37. The normalized spacial score (nSPS) is 18.6. The van der Waals surface area contributed by atoms with Gasteiger partial charge >= 0.3 is 0 Å². The van der Waals surface area contributed by atoms with Gasteiger partial charge in [0, 0.05) is 25.2 Å². The summed E-state index contributed by atoms with van der Waals surface area (Å²) in [5, 5.41) is 13.1. The summed E-state index contributed by atoms with van der Waals surface area (Å²) < 4.78 is 0. The number of aliphatic hydroxyl groups is 1. The lowest BCUT2D eigenvalue weighted by Gasteiger charge is -2.35. The molecule has 1 unspecified atom stereocenters. The Kier molecular flexibility index (Phi) is 5.95. The van der Waals surface area contributed by atoms with E-state index < -0.39 is 6.10 Å². The van der Waals surface area contributed by atoms with E-state index in [1.54, 1.807) is 4.90 Å². The molecule has 0 saturated carbocycles. The molecule has 0 aliphatic carbocycles. The fourth-order valence-corrected chi connectivity index (χ4v) is 2.09. The number of carbonyl (C=O) groups is 2. The topological polar surface area (TPSA) is 72.9 Å². The summed E-state index contributed by atoms with van der Waals surface area (Å²) in [7, 11) is 0. The summed E-state index contributed by atoms with van der Waals surface area (Å²) >= 11 is 0. The van der Waals surface area contributed by atoms with E-state index in [-0.39, 0.29) is 37.0 Å². The Bertz CT molecular complexity index is 352. The molecule has 1 aliphatic heterocycles. The van der Waals surface area contributed by atoms with Crippen LogP contribution < -0.4 is 5.32 Å². The van der Waals surface area contributed by atoms with Gasteiger partial charge in [0.25, 0.3) is 0 Å². The van der Waals surface area contributed by atoms with Gasteiger partial charge in [-0.2, -0.15) is 0 Å². The summed E-state index contributed by atoms with van der Waals surface area (Å²) in [6.45, 7) is 9.44. The number of hydrogen-bond acceptors (Lipinski definition) is 4. The van der Waals surface area contributed by atoms with E-state index in [1.807, 2.05) is 27.7 Å². The van der Waals surface area contributed by atoms with Crippen molar-refractivity contribution >= 4 is 11.8 Å². The first-order chi connectivity index (χ1) is 9.23. The summed E-state index contributed by atoms with van der Waals surface area (Å²) in [5.41, 5.74) is -0.0827. The standard InChI is InChI=1S/C14H27N3O3/c1-5-6-16-9-13(20)17(10-12(16)19)8-11(18)7-15-14(2,3)4/h11,15,18H,5-10H2,1-4H3. The molecule has 1 atom stereocenters. The molecular weight excluding hydrogens is 258 g/mol. The quantitative estimate of drug-likeness (QED) is 0.710. The van der Waals surface area contributed by atoms with Gasteiger partial charge < -0.3 is 20.2 Å². The van der Waals surface area contributed by atoms with Crippen molar-refractivity contribution in [2.75, 3.05) is 32.7 Å². The molecule has 116 valence electrons. The Balaban J connectivity index is 2.44. The largest absolute Gasteiger partial charge is 0.390 e. The fraction of sp³-hybridized carbons (Fsp3) is 0.857. The van der Waals surface area contributed by atoms with Gasteiger partial charge in [-0.1, -0.05) is 6.92 Å². The number of nitrogens with one attached hydrogen (secondary N) is 1. The van der Waals surface area contributed by atoms with E-state index in [0.717, 1.165) is 6.42 Å². The molecule has 0 radical (unpaired) electrons. The lowest BCUT2D eigenvalue weighted by Crippen LogP contribution is -2.56. The Hall–Kier alpha value is -1.14. The minimum absolute atomic E-state index is 0.0394. The third kappa shape index (κ3) is 5.46. The number of β-amino-alcohol motifs (C(OH)–C–C–N with tert-alkyl or cyclic N) is 1. The molecule has 2 amide bonds. The second-order valence-corrected chi connectivity index (χ2v) is 6.37. The number of piperazine rings is 1. The second kappa shape index (κ2) is 7.04. The molecule has 0 aromatic heterocycles. The van der Waals surface area contributed by atoms with Crippen molar-refractivity contribution in [1.29, 1.82) is 0 Å². The zero-order valence-electron chi connectivity index (χ0n) is 13.0. The average Bonchev–Trinajstić information content (AvgIpc) is 2.32. The van der Waals surface area contributed by atoms with Crippen LogP contribution in [0.1, 0.15) is 34.1 Å². The predicted molar refractivity (Wildman–Crippen MR) is 77.2 cm³/mol. The molecule has 0 bridgehead atoms. The minimum atomic E-state index is -0.663. The van der Waals surface area contributed by atoms with Crippen molar-refractivity contribution < 1.29 is 14.7 Å². The van der Waals surface area contributed by atoms with Gasteiger partial charge in [0.05, 0.1) is 19.2 Å². The molecule has 20 heavy (non-hydrogen) atoms. The Labute approximate surface area is 121 Å². The summed E-state index contributed by atoms with van der Waals surface area (Å²) in [4.78, 5) is 26.9. The highest BCUT2D eigenvalue weighted by Crippen LogP contribution is 2.07. The highest BCUT2D eigenvalue weighted by Gasteiger charge is 2.30. The van der Waals surface area contributed by atoms with Gasteiger partial charge in [0.1, 0.15) is 0 Å². The molecule has 1 aliphatic rings. The average molecular weight is 285 g/mol. The molecule has 1 rings (SSSR count). The van der Waals surface area contributed by atoms with Gasteiger partial charge in [-0.3, -0.25) is 9.59 Å². The van der Waals surface area contributed by atoms with E-state index >= 15 is 0 Å². The highest BCUT2D eigenvalue weighted by molar-refractivity contribution is 5.92. The van der Waals surface area contributed by atoms with Crippen molar-refractivity contribution in [1.82, 2.24) is 15.1 Å². The number of amides is 2. The monoisotopic (exact) mass is 285 g/mol. The Morgan fingerprint density at radius 3 is 2.30 bits per heavy atom. The number of carbonyl (C=O) groups excluding carboxylic acids is 2. The molecule has 1 heterocycles. The molecule has 2 N–H and O–H groups in total. The summed E-state index contributed by atoms with van der Waals surface area (Å²) in [6, 6.07) is 0. The van der Waals surface area contributed by atoms with Gasteiger partial charge in [0.2, 0.25) is 11.8 Å². The number of nitrogens with zero attached hydrogens (tertiary/aromatic N) is 2. The van der Waals surface area contributed by atoms with E-state index in [4.69, 9.17) is 0 Å². The van der Waals surface area contributed by atoms with Crippen molar-refractivity contribution in [2.45, 2.75) is 45.8 Å². The van der Waals surface area contributed by atoms with Crippen LogP contribution in [0.3, 0.4) is 0 Å². The SMILES string of the molecule is CCCN1CC(=O)N(CC(O)CNC(C)(C)C)CC1=O. The molecule has 0 aromatic carbocycles. The molecule has 1 fully saturated rings. The maximum atomic E-state index is 12.0. The van der Waals surface area contributed by atoms with E-state index in [0.29, 0.717) is 13.1 Å². The fourth-order valence-electron chi connectivity index (χ4n) is 2.09. The first-order valence-corrected chi connectivity index (χ1v) is 7.21. The van der Waals surface area contributed by atoms with Crippen LogP contribution in [0.25, 0.3) is 0 Å². The zero-order valence-corrected chi connectivity index (χ0v) is 13.0. The third-order valence-electron chi connectivity index (χ3n) is 3.15. The van der Waals surface area contributed by atoms with Crippen molar-refractivity contribution in [3.63, 3.8) is 0 Å². The molecule has 1 saturated heterocycles. The van der Waals surface area contributed by atoms with E-state index in [2.05, 4.69) is 5.32 Å². The number of hydrogen-bond donors (Lipinski definition) is 2. The van der Waals surface area contributed by atoms with Gasteiger partial charge in [-0.25, -0.2) is 0 Å². The van der Waals surface area contributed by atoms with E-state index in [1.165, 1.54) is 4.90 Å². The van der Waals surface area contributed by atoms with Crippen LogP contribution in [0.15, 0.2) is 0 Å². The van der Waals surface area contributed by atoms with Crippen LogP contribution in [0.5, 0.6) is 0 Å². The first kappa shape index (κ1) is 16.9. The minimum Gasteiger partial charge on any atom is -0.390 e. The molecular formula is C14H27N3O3. The molecule has 0 aromatic rings. The van der Waals surface area contributed by atoms with Gasteiger partial charge in [0.15, 0.2) is 0 Å². The predicted octanol–water partition coefficient (Wildman–Crippen LogP) is -0.184. The lowest BCUT2D eigenvalue weighted by atomic mass is 10.1. The van der Waals surface area contributed by atoms with Gasteiger partial charge in [-0.15, -0.1) is 0 Å². The highest BCUT2D eigenvalue weighted by atomic mass is 16.3. The van der Waals surface area contributed by atoms with Crippen LogP contribution in [-0.2, 0) is 9.59 Å². The van der Waals surface area contributed by atoms with Crippen molar-refractivity contribution in [2.24, 2.45) is 0 Å². The number of rotatable bonds is 6. The zero-order chi connectivity index (χ0) is 15.3. The summed E-state index contributed by atoms with van der Waals surface area (Å²) in [5.74, 6) is -0.129. The third-order valence-corrected chi connectivity index (χ3v) is 3.15. The van der Waals surface area contributed by atoms with E-state index in [9.17, 15) is 14.7 Å². The first-order valence-electron chi connectivity index (χ1n) is 7.21. The van der Waals surface area contributed by atoms with Crippen LogP contribution in [0, 0.1) is 0 Å². The Morgan fingerprint density at radius 1 is 1.20 bits per heavy atom. The van der Waals surface area contributed by atoms with Crippen LogP contribution in [0.4, 0.5) is 0 Å². The van der Waals surface area contributed by atoms with Crippen LogP contribution in [0.2, 0.25) is 0 Å². The molecule has 6 nitrogen and oxygen atoms in total. The van der Waals surface area contributed by atoms with Crippen LogP contribution in [-0.4, -0.2) is 71.1 Å². The molecule has 6 heteroatoms. The van der Waals surface area contributed by atoms with Crippen LogP contribution >= 0.6 is 0 Å². The van der Waals surface area contributed by atoms with Gasteiger partial charge in [-0.05, 0) is 27.2 Å². The number of aliphatic hydroxyl groups excluding tert-OH is 1. The lowest BCUT2D eigenvalue weighted by molar-refractivity contribution is -0.151. The summed E-state index contributed by atoms with van der Waals surface area (Å²) in [6.07, 6.45) is 0.181. The maximum absolute atomic E-state index is 12.0. The molecule has 0 spiro atoms. The van der Waals surface area contributed by atoms with Crippen molar-refractivity contribution in [3.05, 3.63) is 0 Å². The van der Waals surface area contributed by atoms with Crippen molar-refractivity contribution in [3.8, 4) is 0 Å².